The number of rotatable bonds is 4. The van der Waals surface area contributed by atoms with E-state index in [1.165, 1.54) is 35.2 Å². The third-order valence-electron chi connectivity index (χ3n) is 5.09. The lowest BCUT2D eigenvalue weighted by atomic mass is 9.72. The maximum absolute atomic E-state index is 13.5. The fourth-order valence-electron chi connectivity index (χ4n) is 3.51. The predicted molar refractivity (Wildman–Crippen MR) is 98.1 cm³/mol. The van der Waals surface area contributed by atoms with Crippen molar-refractivity contribution in [2.75, 3.05) is 13.1 Å². The van der Waals surface area contributed by atoms with Crippen LogP contribution in [0.4, 0.5) is 8.78 Å². The maximum Gasteiger partial charge on any atom is 0.314 e. The van der Waals surface area contributed by atoms with Crippen LogP contribution >= 0.6 is 11.6 Å². The van der Waals surface area contributed by atoms with E-state index in [0.29, 0.717) is 5.56 Å². The number of aliphatic carboxylic acids is 1. The zero-order valence-corrected chi connectivity index (χ0v) is 15.5. The molecule has 2 aromatic rings. The van der Waals surface area contributed by atoms with Crippen LogP contribution in [0.3, 0.4) is 0 Å². The molecule has 1 aliphatic heterocycles. The van der Waals surface area contributed by atoms with Gasteiger partial charge in [-0.1, -0.05) is 23.7 Å². The van der Waals surface area contributed by atoms with E-state index >= 15 is 0 Å². The third kappa shape index (κ3) is 3.86. The molecule has 2 N–H and O–H groups in total. The molecule has 0 unspecified atom stereocenters. The van der Waals surface area contributed by atoms with Gasteiger partial charge in [0.05, 0.1) is 16.7 Å². The molecule has 1 amide bonds. The molecule has 0 aromatic heterocycles. The van der Waals surface area contributed by atoms with Crippen LogP contribution < -0.4 is 0 Å². The smallest absolute Gasteiger partial charge is 0.314 e. The molecular weight excluding hydrogens is 392 g/mol. The van der Waals surface area contributed by atoms with E-state index in [2.05, 4.69) is 0 Å². The highest BCUT2D eigenvalue weighted by Crippen LogP contribution is 2.36. The summed E-state index contributed by atoms with van der Waals surface area (Å²) >= 11 is 6.00. The van der Waals surface area contributed by atoms with Gasteiger partial charge in [0.15, 0.2) is 0 Å². The van der Waals surface area contributed by atoms with Crippen molar-refractivity contribution in [1.29, 1.82) is 0 Å². The molecule has 1 saturated heterocycles. The van der Waals surface area contributed by atoms with E-state index in [9.17, 15) is 28.6 Å². The normalized spacial score (nSPS) is 22.1. The first-order valence-electron chi connectivity index (χ1n) is 8.63. The van der Waals surface area contributed by atoms with Crippen LogP contribution in [-0.2, 0) is 11.2 Å². The second-order valence-electron chi connectivity index (χ2n) is 6.92. The lowest BCUT2D eigenvalue weighted by Crippen LogP contribution is -2.58. The molecule has 0 saturated carbocycles. The Morgan fingerprint density at radius 1 is 1.14 bits per heavy atom. The van der Waals surface area contributed by atoms with Gasteiger partial charge in [-0.2, -0.15) is 0 Å². The number of carboxylic acid groups (broad SMARTS) is 1. The van der Waals surface area contributed by atoms with E-state index in [1.54, 1.807) is 0 Å². The topological polar surface area (TPSA) is 77.8 Å². The van der Waals surface area contributed by atoms with Gasteiger partial charge in [-0.15, -0.1) is 0 Å². The minimum Gasteiger partial charge on any atom is -0.481 e. The van der Waals surface area contributed by atoms with Crippen molar-refractivity contribution >= 4 is 23.5 Å². The number of halogens is 3. The summed E-state index contributed by atoms with van der Waals surface area (Å²) < 4.78 is 26.7. The van der Waals surface area contributed by atoms with Gasteiger partial charge in [-0.05, 0) is 48.7 Å². The minimum atomic E-state index is -1.68. The standard InChI is InChI=1S/C20H18ClF2NO4/c21-16-6-5-14(23)9-15(16)18(26)24-8-7-17(25)20(11-24,19(27)28)10-12-1-3-13(22)4-2-12/h1-6,9,17,25H,7-8,10-11H2,(H,27,28)/t17-,20+/m0/s1. The Balaban J connectivity index is 1.92. The summed E-state index contributed by atoms with van der Waals surface area (Å²) in [6.07, 6.45) is -1.27. The summed E-state index contributed by atoms with van der Waals surface area (Å²) in [5.74, 6) is -2.98. The zero-order valence-electron chi connectivity index (χ0n) is 14.7. The van der Waals surface area contributed by atoms with Crippen LogP contribution in [0, 0.1) is 17.0 Å². The maximum atomic E-state index is 13.5. The van der Waals surface area contributed by atoms with Crippen molar-refractivity contribution in [3.8, 4) is 0 Å². The SMILES string of the molecule is O=C(c1cc(F)ccc1Cl)N1CC[C@H](O)[C@](Cc2ccc(F)cc2)(C(=O)O)C1. The van der Waals surface area contributed by atoms with Crippen LogP contribution in [0.5, 0.6) is 0 Å². The summed E-state index contributed by atoms with van der Waals surface area (Å²) in [5, 5.41) is 20.4. The number of carboxylic acids is 1. The molecule has 28 heavy (non-hydrogen) atoms. The number of likely N-dealkylation sites (tertiary alicyclic amines) is 1. The van der Waals surface area contributed by atoms with E-state index < -0.39 is 35.0 Å². The fourth-order valence-corrected chi connectivity index (χ4v) is 3.71. The lowest BCUT2D eigenvalue weighted by Gasteiger charge is -2.43. The van der Waals surface area contributed by atoms with Crippen molar-refractivity contribution < 1.29 is 28.6 Å². The Hall–Kier alpha value is -2.51. The number of aliphatic hydroxyl groups excluding tert-OH is 1. The average Bonchev–Trinajstić information content (AvgIpc) is 2.66. The quantitative estimate of drug-likeness (QED) is 0.813. The van der Waals surface area contributed by atoms with Gasteiger partial charge in [-0.3, -0.25) is 9.59 Å². The van der Waals surface area contributed by atoms with Gasteiger partial charge in [0.25, 0.3) is 5.91 Å². The summed E-state index contributed by atoms with van der Waals surface area (Å²) in [7, 11) is 0. The molecule has 0 radical (unpaired) electrons. The number of hydrogen-bond donors (Lipinski definition) is 2. The van der Waals surface area contributed by atoms with E-state index in [0.717, 1.165) is 12.1 Å². The van der Waals surface area contributed by atoms with Crippen molar-refractivity contribution in [3.05, 3.63) is 70.2 Å². The summed E-state index contributed by atoms with van der Waals surface area (Å²) in [6.45, 7) is -0.183. The van der Waals surface area contributed by atoms with Gasteiger partial charge in [0.2, 0.25) is 0 Å². The molecule has 5 nitrogen and oxygen atoms in total. The van der Waals surface area contributed by atoms with Crippen LogP contribution in [0.2, 0.25) is 5.02 Å². The molecular formula is C20H18ClF2NO4. The number of aliphatic hydroxyl groups is 1. The molecule has 2 atom stereocenters. The Kier molecular flexibility index (Phi) is 5.67. The van der Waals surface area contributed by atoms with Gasteiger partial charge < -0.3 is 15.1 Å². The Morgan fingerprint density at radius 2 is 1.79 bits per heavy atom. The number of benzene rings is 2. The van der Waals surface area contributed by atoms with Crippen LogP contribution in [0.15, 0.2) is 42.5 Å². The van der Waals surface area contributed by atoms with Gasteiger partial charge >= 0.3 is 5.97 Å². The molecule has 0 bridgehead atoms. The summed E-state index contributed by atoms with van der Waals surface area (Å²) in [5.41, 5.74) is -1.23. The molecule has 1 aliphatic rings. The molecule has 0 aliphatic carbocycles. The first-order chi connectivity index (χ1) is 13.2. The Bertz CT molecular complexity index is 906. The Labute approximate surface area is 165 Å². The van der Waals surface area contributed by atoms with Gasteiger partial charge in [0, 0.05) is 13.1 Å². The van der Waals surface area contributed by atoms with Gasteiger partial charge in [-0.25, -0.2) is 8.78 Å². The van der Waals surface area contributed by atoms with Crippen molar-refractivity contribution in [3.63, 3.8) is 0 Å². The lowest BCUT2D eigenvalue weighted by molar-refractivity contribution is -0.161. The fraction of sp³-hybridized carbons (Fsp3) is 0.300. The molecule has 3 rings (SSSR count). The average molecular weight is 410 g/mol. The van der Waals surface area contributed by atoms with Gasteiger partial charge in [0.1, 0.15) is 17.0 Å². The molecule has 1 heterocycles. The minimum absolute atomic E-state index is 0.0339. The molecule has 1 fully saturated rings. The molecule has 0 spiro atoms. The summed E-state index contributed by atoms with van der Waals surface area (Å²) in [6, 6.07) is 8.66. The number of hydrogen-bond acceptors (Lipinski definition) is 3. The molecule has 2 aromatic carbocycles. The molecule has 148 valence electrons. The van der Waals surface area contributed by atoms with E-state index in [1.807, 2.05) is 0 Å². The van der Waals surface area contributed by atoms with Crippen LogP contribution in [-0.4, -0.2) is 46.2 Å². The largest absolute Gasteiger partial charge is 0.481 e. The first-order valence-corrected chi connectivity index (χ1v) is 9.01. The highest BCUT2D eigenvalue weighted by atomic mass is 35.5. The second kappa shape index (κ2) is 7.85. The second-order valence-corrected chi connectivity index (χ2v) is 7.33. The number of nitrogens with zero attached hydrogens (tertiary/aromatic N) is 1. The third-order valence-corrected chi connectivity index (χ3v) is 5.42. The molecule has 8 heteroatoms. The van der Waals surface area contributed by atoms with E-state index in [-0.39, 0.29) is 36.5 Å². The Morgan fingerprint density at radius 3 is 2.43 bits per heavy atom. The number of piperidine rings is 1. The van der Waals surface area contributed by atoms with Crippen LogP contribution in [0.25, 0.3) is 0 Å². The monoisotopic (exact) mass is 409 g/mol. The highest BCUT2D eigenvalue weighted by molar-refractivity contribution is 6.33. The first kappa shape index (κ1) is 20.2. The number of amides is 1. The van der Waals surface area contributed by atoms with Crippen molar-refractivity contribution in [1.82, 2.24) is 4.90 Å². The van der Waals surface area contributed by atoms with E-state index in [4.69, 9.17) is 11.6 Å². The zero-order chi connectivity index (χ0) is 20.5. The predicted octanol–water partition coefficient (Wildman–Crippen LogP) is 3.14. The van der Waals surface area contributed by atoms with Crippen molar-refractivity contribution in [2.45, 2.75) is 18.9 Å². The number of carbonyl (C=O) groups excluding carboxylic acids is 1. The summed E-state index contributed by atoms with van der Waals surface area (Å²) in [4.78, 5) is 26.2. The van der Waals surface area contributed by atoms with Crippen molar-refractivity contribution in [2.24, 2.45) is 5.41 Å². The number of carbonyl (C=O) groups is 2. The highest BCUT2D eigenvalue weighted by Gasteiger charge is 2.50. The van der Waals surface area contributed by atoms with Crippen LogP contribution in [0.1, 0.15) is 22.3 Å².